The Balaban J connectivity index is 1.62. The fraction of sp³-hybridized carbons (Fsp3) is 0.333. The molecule has 1 saturated heterocycles. The fourth-order valence-corrected chi connectivity index (χ4v) is 4.62. The minimum absolute atomic E-state index is 0.186. The molecule has 0 aliphatic carbocycles. The number of pyridine rings is 1. The molecule has 0 N–H and O–H groups in total. The fourth-order valence-electron chi connectivity index (χ4n) is 3.77. The number of fused-ring (bicyclic) bond motifs is 1. The summed E-state index contributed by atoms with van der Waals surface area (Å²) < 4.78 is 25.9. The van der Waals surface area contributed by atoms with Gasteiger partial charge in [0.05, 0.1) is 4.92 Å². The lowest BCUT2D eigenvalue weighted by molar-refractivity contribution is -0.387. The standard InChI is InChI=1S/C18H19N5O4S/c1-28(26,27)15-6-4-5-14(17(15)23(24)25)21-11-8-13(9-12-21)18-20-19-16-7-2-3-10-22(16)18/h2-7,10,13H,8-9,11-12H2,1H3. The molecule has 4 rings (SSSR count). The SMILES string of the molecule is CS(=O)(=O)c1cccc(N2CCC(c3nnc4ccccn34)CC2)c1[N+](=O)[O-]. The summed E-state index contributed by atoms with van der Waals surface area (Å²) in [5.74, 6) is 1.07. The van der Waals surface area contributed by atoms with E-state index in [1.807, 2.05) is 33.7 Å². The predicted octanol–water partition coefficient (Wildman–Crippen LogP) is 2.43. The Kier molecular flexibility index (Phi) is 4.50. The van der Waals surface area contributed by atoms with Crippen molar-refractivity contribution < 1.29 is 13.3 Å². The molecular formula is C18H19N5O4S. The molecule has 0 bridgehead atoms. The molecule has 146 valence electrons. The third kappa shape index (κ3) is 3.19. The number of para-hydroxylation sites is 1. The molecule has 9 nitrogen and oxygen atoms in total. The van der Waals surface area contributed by atoms with Crippen LogP contribution in [0.2, 0.25) is 0 Å². The monoisotopic (exact) mass is 401 g/mol. The maximum absolute atomic E-state index is 12.0. The van der Waals surface area contributed by atoms with Gasteiger partial charge in [0.1, 0.15) is 16.4 Å². The molecular weight excluding hydrogens is 382 g/mol. The van der Waals surface area contributed by atoms with Gasteiger partial charge in [-0.25, -0.2) is 8.42 Å². The zero-order valence-electron chi connectivity index (χ0n) is 15.2. The molecule has 1 aliphatic heterocycles. The lowest BCUT2D eigenvalue weighted by Gasteiger charge is -2.32. The van der Waals surface area contributed by atoms with Crippen LogP contribution in [0.3, 0.4) is 0 Å². The Bertz CT molecular complexity index is 1150. The molecule has 3 heterocycles. The van der Waals surface area contributed by atoms with Crippen molar-refractivity contribution in [3.8, 4) is 0 Å². The summed E-state index contributed by atoms with van der Waals surface area (Å²) in [7, 11) is -3.70. The molecule has 3 aromatic rings. The van der Waals surface area contributed by atoms with Crippen molar-refractivity contribution >= 4 is 26.9 Å². The number of benzene rings is 1. The smallest absolute Gasteiger partial charge is 0.311 e. The first-order chi connectivity index (χ1) is 13.4. The number of hydrogen-bond acceptors (Lipinski definition) is 7. The van der Waals surface area contributed by atoms with E-state index < -0.39 is 14.8 Å². The zero-order chi connectivity index (χ0) is 19.9. The van der Waals surface area contributed by atoms with Crippen LogP contribution in [0.25, 0.3) is 5.65 Å². The van der Waals surface area contributed by atoms with E-state index in [0.717, 1.165) is 30.6 Å². The van der Waals surface area contributed by atoms with Crippen LogP contribution in [-0.4, -0.2) is 47.3 Å². The van der Waals surface area contributed by atoms with Gasteiger partial charge < -0.3 is 4.90 Å². The van der Waals surface area contributed by atoms with Crippen molar-refractivity contribution in [2.75, 3.05) is 24.2 Å². The van der Waals surface area contributed by atoms with Crippen LogP contribution in [0.1, 0.15) is 24.6 Å². The molecule has 0 radical (unpaired) electrons. The summed E-state index contributed by atoms with van der Waals surface area (Å²) in [6.07, 6.45) is 4.41. The molecule has 2 aromatic heterocycles. The molecule has 0 amide bonds. The van der Waals surface area contributed by atoms with Crippen LogP contribution in [0.5, 0.6) is 0 Å². The van der Waals surface area contributed by atoms with E-state index in [4.69, 9.17) is 0 Å². The molecule has 10 heteroatoms. The Morgan fingerprint density at radius 2 is 1.86 bits per heavy atom. The van der Waals surface area contributed by atoms with Crippen molar-refractivity contribution in [1.29, 1.82) is 0 Å². The average Bonchev–Trinajstić information content (AvgIpc) is 3.11. The number of hydrogen-bond donors (Lipinski definition) is 0. The molecule has 1 aromatic carbocycles. The van der Waals surface area contributed by atoms with Crippen LogP contribution < -0.4 is 4.90 Å². The van der Waals surface area contributed by atoms with E-state index in [-0.39, 0.29) is 16.5 Å². The van der Waals surface area contributed by atoms with E-state index in [2.05, 4.69) is 10.2 Å². The van der Waals surface area contributed by atoms with E-state index in [1.165, 1.54) is 6.07 Å². The van der Waals surface area contributed by atoms with E-state index >= 15 is 0 Å². The molecule has 0 spiro atoms. The van der Waals surface area contributed by atoms with E-state index in [1.54, 1.807) is 12.1 Å². The maximum atomic E-state index is 12.0. The number of nitro benzene ring substituents is 1. The van der Waals surface area contributed by atoms with E-state index in [9.17, 15) is 18.5 Å². The minimum Gasteiger partial charge on any atom is -0.366 e. The van der Waals surface area contributed by atoms with Gasteiger partial charge in [-0.15, -0.1) is 10.2 Å². The third-order valence-corrected chi connectivity index (χ3v) is 6.23. The number of anilines is 1. The van der Waals surface area contributed by atoms with Crippen LogP contribution in [0.15, 0.2) is 47.5 Å². The van der Waals surface area contributed by atoms with Crippen molar-refractivity contribution in [3.05, 3.63) is 58.5 Å². The van der Waals surface area contributed by atoms with Crippen molar-refractivity contribution in [2.45, 2.75) is 23.7 Å². The Morgan fingerprint density at radius 1 is 1.11 bits per heavy atom. The van der Waals surface area contributed by atoms with Gasteiger partial charge in [-0.3, -0.25) is 14.5 Å². The predicted molar refractivity (Wildman–Crippen MR) is 103 cm³/mol. The topological polar surface area (TPSA) is 111 Å². The van der Waals surface area contributed by atoms with Crippen molar-refractivity contribution in [3.63, 3.8) is 0 Å². The number of nitro groups is 1. The summed E-state index contributed by atoms with van der Waals surface area (Å²) in [6.45, 7) is 1.14. The number of aromatic nitrogens is 3. The summed E-state index contributed by atoms with van der Waals surface area (Å²) in [6, 6.07) is 10.2. The van der Waals surface area contributed by atoms with Gasteiger partial charge in [0, 0.05) is 31.5 Å². The molecule has 1 fully saturated rings. The number of nitrogens with zero attached hydrogens (tertiary/aromatic N) is 5. The van der Waals surface area contributed by atoms with E-state index in [0.29, 0.717) is 18.8 Å². The largest absolute Gasteiger partial charge is 0.366 e. The molecule has 28 heavy (non-hydrogen) atoms. The quantitative estimate of drug-likeness (QED) is 0.487. The normalized spacial score (nSPS) is 15.8. The average molecular weight is 401 g/mol. The van der Waals surface area contributed by atoms with Crippen LogP contribution in [0, 0.1) is 10.1 Å². The first-order valence-corrected chi connectivity index (χ1v) is 10.8. The van der Waals surface area contributed by atoms with Gasteiger partial charge in [-0.1, -0.05) is 12.1 Å². The van der Waals surface area contributed by atoms with Gasteiger partial charge in [0.15, 0.2) is 15.5 Å². The highest BCUT2D eigenvalue weighted by Crippen LogP contribution is 2.37. The van der Waals surface area contributed by atoms with Gasteiger partial charge in [-0.05, 0) is 37.1 Å². The first-order valence-electron chi connectivity index (χ1n) is 8.88. The first kappa shape index (κ1) is 18.4. The maximum Gasteiger partial charge on any atom is 0.311 e. The van der Waals surface area contributed by atoms with Crippen molar-refractivity contribution in [1.82, 2.24) is 14.6 Å². The van der Waals surface area contributed by atoms with Gasteiger partial charge in [0.2, 0.25) is 0 Å². The molecule has 0 unspecified atom stereocenters. The Hall–Kier alpha value is -3.01. The summed E-state index contributed by atoms with van der Waals surface area (Å²) in [5.41, 5.74) is 0.783. The lowest BCUT2D eigenvalue weighted by Crippen LogP contribution is -2.34. The van der Waals surface area contributed by atoms with Gasteiger partial charge >= 0.3 is 5.69 Å². The number of piperidine rings is 1. The highest BCUT2D eigenvalue weighted by molar-refractivity contribution is 7.90. The third-order valence-electron chi connectivity index (χ3n) is 5.10. The summed E-state index contributed by atoms with van der Waals surface area (Å²) in [4.78, 5) is 12.6. The lowest BCUT2D eigenvalue weighted by atomic mass is 9.95. The summed E-state index contributed by atoms with van der Waals surface area (Å²) in [5, 5.41) is 20.1. The van der Waals surface area contributed by atoms with Crippen LogP contribution in [0.4, 0.5) is 11.4 Å². The second-order valence-corrected chi connectivity index (χ2v) is 8.89. The molecule has 0 saturated carbocycles. The Morgan fingerprint density at radius 3 is 2.54 bits per heavy atom. The van der Waals surface area contributed by atoms with Crippen molar-refractivity contribution in [2.24, 2.45) is 0 Å². The van der Waals surface area contributed by atoms with Crippen LogP contribution in [-0.2, 0) is 9.84 Å². The number of rotatable bonds is 4. The summed E-state index contributed by atoms with van der Waals surface area (Å²) >= 11 is 0. The van der Waals surface area contributed by atoms with Gasteiger partial charge in [-0.2, -0.15) is 0 Å². The zero-order valence-corrected chi connectivity index (χ0v) is 16.0. The molecule has 0 atom stereocenters. The minimum atomic E-state index is -3.70. The Labute approximate surface area is 161 Å². The highest BCUT2D eigenvalue weighted by Gasteiger charge is 2.31. The van der Waals surface area contributed by atoms with Gasteiger partial charge in [0.25, 0.3) is 0 Å². The highest BCUT2D eigenvalue weighted by atomic mass is 32.2. The second kappa shape index (κ2) is 6.86. The second-order valence-electron chi connectivity index (χ2n) is 6.90. The molecule has 1 aliphatic rings. The van der Waals surface area contributed by atoms with Crippen LogP contribution >= 0.6 is 0 Å². The number of sulfone groups is 1.